The molecular formula is C11H14F3NOS. The van der Waals surface area contributed by atoms with Crippen molar-refractivity contribution in [2.45, 2.75) is 31.2 Å². The van der Waals surface area contributed by atoms with Gasteiger partial charge in [0.15, 0.2) is 6.10 Å². The first-order chi connectivity index (χ1) is 7.98. The fourth-order valence-electron chi connectivity index (χ4n) is 1.75. The Hall–Kier alpha value is -0.590. The van der Waals surface area contributed by atoms with Crippen LogP contribution in [0.15, 0.2) is 17.5 Å². The molecule has 96 valence electrons. The van der Waals surface area contributed by atoms with Crippen LogP contribution >= 0.6 is 11.3 Å². The molecule has 2 N–H and O–H groups in total. The van der Waals surface area contributed by atoms with Gasteiger partial charge in [-0.2, -0.15) is 13.2 Å². The number of halogens is 3. The highest BCUT2D eigenvalue weighted by molar-refractivity contribution is 7.10. The first-order valence-electron chi connectivity index (χ1n) is 5.50. The quantitative estimate of drug-likeness (QED) is 0.858. The van der Waals surface area contributed by atoms with Gasteiger partial charge in [-0.05, 0) is 30.2 Å². The summed E-state index contributed by atoms with van der Waals surface area (Å²) in [6.45, 7) is -0.442. The van der Waals surface area contributed by atoms with Gasteiger partial charge >= 0.3 is 6.18 Å². The molecule has 1 aromatic heterocycles. The topological polar surface area (TPSA) is 32.3 Å². The molecule has 1 aliphatic rings. The lowest BCUT2D eigenvalue weighted by Crippen LogP contribution is -2.40. The van der Waals surface area contributed by atoms with Crippen molar-refractivity contribution in [2.75, 3.05) is 6.54 Å². The van der Waals surface area contributed by atoms with Gasteiger partial charge in [-0.1, -0.05) is 6.07 Å². The maximum atomic E-state index is 12.2. The van der Waals surface area contributed by atoms with Crippen LogP contribution < -0.4 is 5.32 Å². The number of hydrogen-bond acceptors (Lipinski definition) is 3. The highest BCUT2D eigenvalue weighted by atomic mass is 32.1. The summed E-state index contributed by atoms with van der Waals surface area (Å²) in [6, 6.07) is 3.75. The highest BCUT2D eigenvalue weighted by Crippen LogP contribution is 2.42. The average molecular weight is 265 g/mol. The monoisotopic (exact) mass is 265 g/mol. The smallest absolute Gasteiger partial charge is 0.382 e. The zero-order valence-corrected chi connectivity index (χ0v) is 9.89. The van der Waals surface area contributed by atoms with Gasteiger partial charge in [-0.15, -0.1) is 11.3 Å². The van der Waals surface area contributed by atoms with Crippen molar-refractivity contribution in [3.8, 4) is 0 Å². The van der Waals surface area contributed by atoms with Gasteiger partial charge in [0.05, 0.1) is 0 Å². The Labute approximate surface area is 101 Å². The molecule has 2 nitrogen and oxygen atoms in total. The predicted octanol–water partition coefficient (Wildman–Crippen LogP) is 2.71. The Balaban J connectivity index is 1.91. The van der Waals surface area contributed by atoms with Crippen LogP contribution in [-0.4, -0.2) is 23.9 Å². The number of alkyl halides is 3. The summed E-state index contributed by atoms with van der Waals surface area (Å²) in [7, 11) is 0. The summed E-state index contributed by atoms with van der Waals surface area (Å²) in [6.07, 6.45) is -4.75. The molecule has 0 aliphatic heterocycles. The fraction of sp³-hybridized carbons (Fsp3) is 0.636. The van der Waals surface area contributed by atoms with Gasteiger partial charge in [-0.25, -0.2) is 0 Å². The molecule has 2 unspecified atom stereocenters. The van der Waals surface area contributed by atoms with Crippen LogP contribution in [0.25, 0.3) is 0 Å². The van der Waals surface area contributed by atoms with E-state index >= 15 is 0 Å². The molecule has 0 spiro atoms. The van der Waals surface area contributed by atoms with E-state index in [1.54, 1.807) is 0 Å². The zero-order valence-electron chi connectivity index (χ0n) is 9.07. The van der Waals surface area contributed by atoms with Crippen LogP contribution in [0.1, 0.15) is 23.8 Å². The Kier molecular flexibility index (Phi) is 3.75. The van der Waals surface area contributed by atoms with E-state index in [9.17, 15) is 13.2 Å². The van der Waals surface area contributed by atoms with Gasteiger partial charge < -0.3 is 10.4 Å². The summed E-state index contributed by atoms with van der Waals surface area (Å²) in [5.74, 6) is 0.411. The average Bonchev–Trinajstić information content (AvgIpc) is 2.92. The number of thiophene rings is 1. The second kappa shape index (κ2) is 4.96. The third kappa shape index (κ3) is 3.43. The molecular weight excluding hydrogens is 251 g/mol. The van der Waals surface area contributed by atoms with E-state index in [0.29, 0.717) is 5.92 Å². The molecule has 6 heteroatoms. The third-order valence-corrected chi connectivity index (χ3v) is 3.81. The van der Waals surface area contributed by atoms with Crippen LogP contribution in [0.2, 0.25) is 0 Å². The second-order valence-corrected chi connectivity index (χ2v) is 5.28. The Bertz CT molecular complexity index is 348. The van der Waals surface area contributed by atoms with Crippen LogP contribution in [-0.2, 0) is 0 Å². The fourth-order valence-corrected chi connectivity index (χ4v) is 2.65. The number of hydrogen-bond donors (Lipinski definition) is 2. The van der Waals surface area contributed by atoms with E-state index < -0.39 is 18.8 Å². The Morgan fingerprint density at radius 2 is 2.18 bits per heavy atom. The van der Waals surface area contributed by atoms with Crippen molar-refractivity contribution in [3.05, 3.63) is 22.4 Å². The lowest BCUT2D eigenvalue weighted by molar-refractivity contribution is -0.202. The molecule has 1 saturated carbocycles. The van der Waals surface area contributed by atoms with E-state index in [1.165, 1.54) is 11.3 Å². The summed E-state index contributed by atoms with van der Waals surface area (Å²) in [5, 5.41) is 13.7. The molecule has 0 bridgehead atoms. The molecule has 0 aromatic carbocycles. The third-order valence-electron chi connectivity index (χ3n) is 2.85. The van der Waals surface area contributed by atoms with Crippen LogP contribution in [0.3, 0.4) is 0 Å². The maximum absolute atomic E-state index is 12.2. The van der Waals surface area contributed by atoms with Crippen LogP contribution in [0.5, 0.6) is 0 Å². The molecule has 1 aromatic rings. The van der Waals surface area contributed by atoms with Gasteiger partial charge in [0.2, 0.25) is 0 Å². The Morgan fingerprint density at radius 1 is 1.47 bits per heavy atom. The SMILES string of the molecule is OC(CNC(c1cccs1)C1CC1)C(F)(F)F. The van der Waals surface area contributed by atoms with E-state index in [1.807, 2.05) is 17.5 Å². The minimum Gasteiger partial charge on any atom is -0.382 e. The summed E-state index contributed by atoms with van der Waals surface area (Å²) in [5.41, 5.74) is 0. The molecule has 1 aliphatic carbocycles. The van der Waals surface area contributed by atoms with Crippen molar-refractivity contribution in [3.63, 3.8) is 0 Å². The Morgan fingerprint density at radius 3 is 2.65 bits per heavy atom. The predicted molar refractivity (Wildman–Crippen MR) is 59.8 cm³/mol. The van der Waals surface area contributed by atoms with Crippen molar-refractivity contribution < 1.29 is 18.3 Å². The van der Waals surface area contributed by atoms with Gasteiger partial charge in [-0.3, -0.25) is 0 Å². The highest BCUT2D eigenvalue weighted by Gasteiger charge is 2.40. The minimum absolute atomic E-state index is 0.0491. The van der Waals surface area contributed by atoms with Crippen molar-refractivity contribution in [1.29, 1.82) is 0 Å². The summed E-state index contributed by atoms with van der Waals surface area (Å²) >= 11 is 1.53. The van der Waals surface area contributed by atoms with Crippen LogP contribution in [0, 0.1) is 5.92 Å². The maximum Gasteiger partial charge on any atom is 0.415 e. The second-order valence-electron chi connectivity index (χ2n) is 4.30. The van der Waals surface area contributed by atoms with E-state index in [2.05, 4.69) is 5.32 Å². The number of aliphatic hydroxyl groups is 1. The number of rotatable bonds is 5. The van der Waals surface area contributed by atoms with E-state index in [-0.39, 0.29) is 6.04 Å². The van der Waals surface area contributed by atoms with Gasteiger partial charge in [0.1, 0.15) is 0 Å². The summed E-state index contributed by atoms with van der Waals surface area (Å²) in [4.78, 5) is 1.04. The summed E-state index contributed by atoms with van der Waals surface area (Å²) < 4.78 is 36.5. The van der Waals surface area contributed by atoms with Gasteiger partial charge in [0, 0.05) is 17.5 Å². The van der Waals surface area contributed by atoms with E-state index in [4.69, 9.17) is 5.11 Å². The molecule has 0 radical (unpaired) electrons. The van der Waals surface area contributed by atoms with E-state index in [0.717, 1.165) is 17.7 Å². The number of aliphatic hydroxyl groups excluding tert-OH is 1. The zero-order chi connectivity index (χ0) is 12.5. The van der Waals surface area contributed by atoms with Crippen molar-refractivity contribution in [1.82, 2.24) is 5.32 Å². The van der Waals surface area contributed by atoms with Crippen molar-refractivity contribution in [2.24, 2.45) is 5.92 Å². The largest absolute Gasteiger partial charge is 0.415 e. The molecule has 1 heterocycles. The molecule has 0 amide bonds. The first-order valence-corrected chi connectivity index (χ1v) is 6.38. The standard InChI is InChI=1S/C11H14F3NOS/c12-11(13,14)9(16)6-15-10(7-3-4-7)8-2-1-5-17-8/h1-2,5,7,9-10,15-16H,3-4,6H2. The van der Waals surface area contributed by atoms with Crippen LogP contribution in [0.4, 0.5) is 13.2 Å². The lowest BCUT2D eigenvalue weighted by Gasteiger charge is -2.20. The molecule has 1 fully saturated rings. The lowest BCUT2D eigenvalue weighted by atomic mass is 10.1. The minimum atomic E-state index is -4.55. The molecule has 0 saturated heterocycles. The van der Waals surface area contributed by atoms with Crippen molar-refractivity contribution >= 4 is 11.3 Å². The number of nitrogens with one attached hydrogen (secondary N) is 1. The van der Waals surface area contributed by atoms with Gasteiger partial charge in [0.25, 0.3) is 0 Å². The first kappa shape index (κ1) is 12.9. The molecule has 2 atom stereocenters. The molecule has 2 rings (SSSR count). The molecule has 17 heavy (non-hydrogen) atoms. The normalized spacial score (nSPS) is 20.2.